The van der Waals surface area contributed by atoms with Gasteiger partial charge in [0, 0.05) is 38.6 Å². The van der Waals surface area contributed by atoms with Crippen LogP contribution in [0.5, 0.6) is 0 Å². The second-order valence-corrected chi connectivity index (χ2v) is 6.90. The second-order valence-electron chi connectivity index (χ2n) is 6.90. The van der Waals surface area contributed by atoms with E-state index < -0.39 is 11.8 Å². The normalized spacial score (nSPS) is 10.8. The van der Waals surface area contributed by atoms with Crippen molar-refractivity contribution in [2.45, 2.75) is 27.7 Å². The van der Waals surface area contributed by atoms with Crippen LogP contribution >= 0.6 is 0 Å². The summed E-state index contributed by atoms with van der Waals surface area (Å²) in [5, 5.41) is 2.71. The first kappa shape index (κ1) is 19.0. The van der Waals surface area contributed by atoms with Gasteiger partial charge in [-0.25, -0.2) is 0 Å². The Balaban J connectivity index is 2.81. The highest BCUT2D eigenvalue weighted by molar-refractivity contribution is 6.39. The third-order valence-electron chi connectivity index (χ3n) is 3.27. The lowest BCUT2D eigenvalue weighted by Crippen LogP contribution is -2.43. The van der Waals surface area contributed by atoms with Crippen molar-refractivity contribution in [1.29, 1.82) is 0 Å². The van der Waals surface area contributed by atoms with Gasteiger partial charge in [-0.15, -0.1) is 0 Å². The highest BCUT2D eigenvalue weighted by atomic mass is 16.2. The summed E-state index contributed by atoms with van der Waals surface area (Å²) >= 11 is 0. The van der Waals surface area contributed by atoms with Crippen molar-refractivity contribution >= 4 is 23.2 Å². The van der Waals surface area contributed by atoms with Gasteiger partial charge in [-0.2, -0.15) is 0 Å². The Morgan fingerprint density at radius 3 is 2.09 bits per heavy atom. The summed E-state index contributed by atoms with van der Waals surface area (Å²) in [7, 11) is 3.86. The van der Waals surface area contributed by atoms with Crippen LogP contribution in [-0.4, -0.2) is 43.9 Å². The lowest BCUT2D eigenvalue weighted by molar-refractivity contribution is -0.143. The minimum Gasteiger partial charge on any atom is -0.378 e. The molecule has 0 fully saturated rings. The molecule has 0 saturated carbocycles. The molecule has 0 saturated heterocycles. The Morgan fingerprint density at radius 1 is 1.04 bits per heavy atom. The van der Waals surface area contributed by atoms with E-state index in [1.165, 1.54) is 0 Å². The van der Waals surface area contributed by atoms with Gasteiger partial charge in [-0.1, -0.05) is 33.8 Å². The fourth-order valence-corrected chi connectivity index (χ4v) is 2.31. The number of benzene rings is 1. The average molecular weight is 319 g/mol. The zero-order chi connectivity index (χ0) is 17.6. The standard InChI is InChI=1S/C18H29N3O2/c1-13(2)11-21(12-14(3)4)18(23)17(22)19-15-8-7-9-16(10-15)20(5)6/h7-10,13-14H,11-12H2,1-6H3,(H,19,22). The average Bonchev–Trinajstić information content (AvgIpc) is 2.45. The van der Waals surface area contributed by atoms with E-state index in [4.69, 9.17) is 0 Å². The molecule has 5 heteroatoms. The fraction of sp³-hybridized carbons (Fsp3) is 0.556. The molecule has 0 heterocycles. The van der Waals surface area contributed by atoms with Crippen molar-refractivity contribution in [3.8, 4) is 0 Å². The van der Waals surface area contributed by atoms with Gasteiger partial charge < -0.3 is 15.1 Å². The summed E-state index contributed by atoms with van der Waals surface area (Å²) in [6.07, 6.45) is 0. The van der Waals surface area contributed by atoms with E-state index in [1.807, 2.05) is 64.9 Å². The van der Waals surface area contributed by atoms with Crippen molar-refractivity contribution in [2.75, 3.05) is 37.4 Å². The van der Waals surface area contributed by atoms with E-state index in [2.05, 4.69) is 5.32 Å². The van der Waals surface area contributed by atoms with Crippen LogP contribution in [0.15, 0.2) is 24.3 Å². The molecule has 0 spiro atoms. The number of carbonyl (C=O) groups excluding carboxylic acids is 2. The van der Waals surface area contributed by atoms with Crippen LogP contribution in [0.3, 0.4) is 0 Å². The molecule has 1 aromatic rings. The number of nitrogens with zero attached hydrogens (tertiary/aromatic N) is 2. The molecule has 1 N–H and O–H groups in total. The highest BCUT2D eigenvalue weighted by Crippen LogP contribution is 2.17. The van der Waals surface area contributed by atoms with Crippen molar-refractivity contribution in [2.24, 2.45) is 11.8 Å². The number of nitrogens with one attached hydrogen (secondary N) is 1. The number of hydrogen-bond acceptors (Lipinski definition) is 3. The molecule has 0 aliphatic carbocycles. The van der Waals surface area contributed by atoms with Gasteiger partial charge in [0.1, 0.15) is 0 Å². The van der Waals surface area contributed by atoms with Gasteiger partial charge in [-0.05, 0) is 30.0 Å². The van der Waals surface area contributed by atoms with Crippen LogP contribution < -0.4 is 10.2 Å². The molecular weight excluding hydrogens is 290 g/mol. The number of carbonyl (C=O) groups is 2. The van der Waals surface area contributed by atoms with E-state index in [0.29, 0.717) is 30.6 Å². The first-order valence-corrected chi connectivity index (χ1v) is 8.08. The van der Waals surface area contributed by atoms with Gasteiger partial charge in [0.2, 0.25) is 0 Å². The molecule has 1 rings (SSSR count). The molecule has 5 nitrogen and oxygen atoms in total. The summed E-state index contributed by atoms with van der Waals surface area (Å²) in [5.41, 5.74) is 1.60. The first-order valence-electron chi connectivity index (χ1n) is 8.08. The Kier molecular flexibility index (Phi) is 7.07. The van der Waals surface area contributed by atoms with E-state index in [9.17, 15) is 9.59 Å². The zero-order valence-corrected chi connectivity index (χ0v) is 15.1. The van der Waals surface area contributed by atoms with Gasteiger partial charge in [-0.3, -0.25) is 9.59 Å². The number of anilines is 2. The van der Waals surface area contributed by atoms with Crippen LogP contribution in [0.2, 0.25) is 0 Å². The summed E-state index contributed by atoms with van der Waals surface area (Å²) in [4.78, 5) is 28.3. The summed E-state index contributed by atoms with van der Waals surface area (Å²) < 4.78 is 0. The molecule has 0 atom stereocenters. The van der Waals surface area contributed by atoms with E-state index in [0.717, 1.165) is 5.69 Å². The molecule has 0 unspecified atom stereocenters. The summed E-state index contributed by atoms with van der Waals surface area (Å²) in [6, 6.07) is 7.44. The lowest BCUT2D eigenvalue weighted by Gasteiger charge is -2.25. The monoisotopic (exact) mass is 319 g/mol. The molecule has 23 heavy (non-hydrogen) atoms. The molecule has 2 amide bonds. The van der Waals surface area contributed by atoms with Gasteiger partial charge in [0.05, 0.1) is 0 Å². The number of rotatable bonds is 6. The first-order chi connectivity index (χ1) is 10.7. The van der Waals surface area contributed by atoms with Crippen LogP contribution in [0.25, 0.3) is 0 Å². The predicted octanol–water partition coefficient (Wildman–Crippen LogP) is 2.83. The Morgan fingerprint density at radius 2 is 1.61 bits per heavy atom. The number of amides is 2. The molecule has 0 aliphatic rings. The van der Waals surface area contributed by atoms with E-state index in [-0.39, 0.29) is 0 Å². The van der Waals surface area contributed by atoms with Crippen molar-refractivity contribution in [1.82, 2.24) is 4.90 Å². The predicted molar refractivity (Wildman–Crippen MR) is 95.7 cm³/mol. The number of hydrogen-bond donors (Lipinski definition) is 1. The maximum atomic E-state index is 12.4. The topological polar surface area (TPSA) is 52.7 Å². The molecule has 0 aliphatic heterocycles. The quantitative estimate of drug-likeness (QED) is 0.820. The second kappa shape index (κ2) is 8.56. The van der Waals surface area contributed by atoms with Crippen LogP contribution in [0, 0.1) is 11.8 Å². The van der Waals surface area contributed by atoms with Crippen molar-refractivity contribution < 1.29 is 9.59 Å². The smallest absolute Gasteiger partial charge is 0.313 e. The lowest BCUT2D eigenvalue weighted by atomic mass is 10.1. The van der Waals surface area contributed by atoms with E-state index >= 15 is 0 Å². The Hall–Kier alpha value is -2.04. The van der Waals surface area contributed by atoms with Crippen molar-refractivity contribution in [3.05, 3.63) is 24.3 Å². The largest absolute Gasteiger partial charge is 0.378 e. The van der Waals surface area contributed by atoms with Crippen LogP contribution in [0.1, 0.15) is 27.7 Å². The van der Waals surface area contributed by atoms with E-state index in [1.54, 1.807) is 11.0 Å². The third-order valence-corrected chi connectivity index (χ3v) is 3.27. The minimum atomic E-state index is -0.581. The Bertz CT molecular complexity index is 529. The van der Waals surface area contributed by atoms with Gasteiger partial charge in [0.15, 0.2) is 0 Å². The molecule has 0 aromatic heterocycles. The maximum Gasteiger partial charge on any atom is 0.313 e. The van der Waals surface area contributed by atoms with Gasteiger partial charge in [0.25, 0.3) is 0 Å². The fourth-order valence-electron chi connectivity index (χ4n) is 2.31. The zero-order valence-electron chi connectivity index (χ0n) is 15.1. The molecular formula is C18H29N3O2. The van der Waals surface area contributed by atoms with Crippen LogP contribution in [0.4, 0.5) is 11.4 Å². The maximum absolute atomic E-state index is 12.4. The molecule has 1 aromatic carbocycles. The van der Waals surface area contributed by atoms with Crippen molar-refractivity contribution in [3.63, 3.8) is 0 Å². The third kappa shape index (κ3) is 6.30. The molecule has 128 valence electrons. The van der Waals surface area contributed by atoms with Crippen LogP contribution in [-0.2, 0) is 9.59 Å². The summed E-state index contributed by atoms with van der Waals surface area (Å²) in [6.45, 7) is 9.33. The SMILES string of the molecule is CC(C)CN(CC(C)C)C(=O)C(=O)Nc1cccc(N(C)C)c1. The minimum absolute atomic E-state index is 0.322. The summed E-state index contributed by atoms with van der Waals surface area (Å²) in [5.74, 6) is -0.407. The molecule has 0 radical (unpaired) electrons. The highest BCUT2D eigenvalue weighted by Gasteiger charge is 2.23. The van der Waals surface area contributed by atoms with Gasteiger partial charge >= 0.3 is 11.8 Å². The Labute approximate surface area is 139 Å². The molecule has 0 bridgehead atoms.